The number of benzene rings is 2. The summed E-state index contributed by atoms with van der Waals surface area (Å²) in [5.41, 5.74) is 1.36. The zero-order valence-corrected chi connectivity index (χ0v) is 20.7. The maximum atomic E-state index is 13.2. The van der Waals surface area contributed by atoms with Crippen molar-refractivity contribution < 1.29 is 4.74 Å². The predicted octanol–water partition coefficient (Wildman–Crippen LogP) is 6.49. The molecule has 0 radical (unpaired) electrons. The zero-order chi connectivity index (χ0) is 21.8. The fraction of sp³-hybridized carbons (Fsp3) is 0.348. The summed E-state index contributed by atoms with van der Waals surface area (Å²) in [6.07, 6.45) is 3.61. The largest absolute Gasteiger partial charge is 0.490 e. The topological polar surface area (TPSA) is 56.5 Å². The molecule has 5 nitrogen and oxygen atoms in total. The first-order valence-corrected chi connectivity index (χ1v) is 11.6. The van der Waals surface area contributed by atoms with E-state index in [1.54, 1.807) is 12.3 Å². The molecule has 0 aliphatic carbocycles. The minimum absolute atomic E-state index is 0.0981. The third-order valence-electron chi connectivity index (χ3n) is 5.07. The first-order valence-electron chi connectivity index (χ1n) is 10.1. The van der Waals surface area contributed by atoms with Crippen LogP contribution < -0.4 is 10.3 Å². The van der Waals surface area contributed by atoms with Gasteiger partial charge in [-0.15, -0.1) is 0 Å². The molecule has 2 atom stereocenters. The van der Waals surface area contributed by atoms with Crippen molar-refractivity contribution in [3.8, 4) is 5.75 Å². The van der Waals surface area contributed by atoms with Crippen LogP contribution in [0.4, 0.5) is 0 Å². The van der Waals surface area contributed by atoms with Crippen LogP contribution in [-0.4, -0.2) is 22.0 Å². The second-order valence-electron chi connectivity index (χ2n) is 7.33. The van der Waals surface area contributed by atoms with Gasteiger partial charge in [-0.3, -0.25) is 4.79 Å². The quantitative estimate of drug-likeness (QED) is 0.325. The SMILES string of the molecule is CC[C@@H](C)Oc1ccc(C=Nn2c([C@@H](C)CC)nc3ccc(Br)cc3c2=O)cc1Br. The zero-order valence-electron chi connectivity index (χ0n) is 17.5. The highest BCUT2D eigenvalue weighted by atomic mass is 79.9. The first-order chi connectivity index (χ1) is 14.3. The number of halogens is 2. The molecule has 7 heteroatoms. The van der Waals surface area contributed by atoms with Crippen molar-refractivity contribution in [1.82, 2.24) is 9.66 Å². The van der Waals surface area contributed by atoms with Gasteiger partial charge >= 0.3 is 0 Å². The average Bonchev–Trinajstić information content (AvgIpc) is 2.74. The molecule has 3 rings (SSSR count). The molecule has 0 bridgehead atoms. The normalized spacial score (nSPS) is 13.7. The van der Waals surface area contributed by atoms with Crippen LogP contribution in [0, 0.1) is 0 Å². The number of ether oxygens (including phenoxy) is 1. The fourth-order valence-corrected chi connectivity index (χ4v) is 3.75. The highest BCUT2D eigenvalue weighted by Crippen LogP contribution is 2.27. The second kappa shape index (κ2) is 9.88. The number of hydrogen-bond acceptors (Lipinski definition) is 4. The van der Waals surface area contributed by atoms with Crippen LogP contribution in [0.15, 0.2) is 55.2 Å². The predicted molar refractivity (Wildman–Crippen MR) is 130 cm³/mol. The first kappa shape index (κ1) is 22.7. The smallest absolute Gasteiger partial charge is 0.282 e. The maximum absolute atomic E-state index is 13.2. The van der Waals surface area contributed by atoms with E-state index in [1.165, 1.54) is 4.68 Å². The van der Waals surface area contributed by atoms with Crippen LogP contribution in [0.25, 0.3) is 10.9 Å². The highest BCUT2D eigenvalue weighted by molar-refractivity contribution is 9.10. The Hall–Kier alpha value is -1.99. The Morgan fingerprint density at radius 3 is 2.57 bits per heavy atom. The van der Waals surface area contributed by atoms with Crippen molar-refractivity contribution in [2.75, 3.05) is 0 Å². The molecule has 0 saturated heterocycles. The van der Waals surface area contributed by atoms with Gasteiger partial charge in [0.1, 0.15) is 11.6 Å². The standard InChI is InChI=1S/C23H25Br2N3O2/c1-5-14(3)22-27-20-9-8-17(24)12-18(20)23(29)28(22)26-13-16-7-10-21(19(25)11-16)30-15(4)6-2/h7-15H,5-6H2,1-4H3/t14-,15+/m0/s1. The van der Waals surface area contributed by atoms with E-state index in [0.717, 1.165) is 33.1 Å². The van der Waals surface area contributed by atoms with Crippen molar-refractivity contribution in [3.63, 3.8) is 0 Å². The van der Waals surface area contributed by atoms with Crippen LogP contribution in [0.1, 0.15) is 57.8 Å². The van der Waals surface area contributed by atoms with Crippen molar-refractivity contribution >= 4 is 49.0 Å². The van der Waals surface area contributed by atoms with Crippen LogP contribution >= 0.6 is 31.9 Å². The molecule has 30 heavy (non-hydrogen) atoms. The van der Waals surface area contributed by atoms with E-state index in [-0.39, 0.29) is 17.6 Å². The Labute approximate surface area is 193 Å². The number of hydrogen-bond donors (Lipinski definition) is 0. The number of rotatable bonds is 7. The van der Waals surface area contributed by atoms with Gasteiger partial charge in [-0.2, -0.15) is 9.78 Å². The van der Waals surface area contributed by atoms with Gasteiger partial charge in [-0.1, -0.05) is 36.7 Å². The minimum Gasteiger partial charge on any atom is -0.490 e. The molecule has 0 amide bonds. The molecule has 0 unspecified atom stereocenters. The van der Waals surface area contributed by atoms with E-state index in [1.807, 2.05) is 37.3 Å². The molecule has 3 aromatic rings. The summed E-state index contributed by atoms with van der Waals surface area (Å²) in [6.45, 7) is 8.25. The molecule has 0 spiro atoms. The summed E-state index contributed by atoms with van der Waals surface area (Å²) in [6, 6.07) is 11.3. The van der Waals surface area contributed by atoms with E-state index in [2.05, 4.69) is 57.7 Å². The van der Waals surface area contributed by atoms with E-state index in [9.17, 15) is 4.79 Å². The molecule has 0 fully saturated rings. The van der Waals surface area contributed by atoms with Gasteiger partial charge in [0, 0.05) is 10.4 Å². The summed E-state index contributed by atoms with van der Waals surface area (Å²) >= 11 is 7.00. The van der Waals surface area contributed by atoms with Crippen molar-refractivity contribution in [3.05, 3.63) is 67.1 Å². The van der Waals surface area contributed by atoms with Gasteiger partial charge in [0.05, 0.1) is 27.7 Å². The van der Waals surface area contributed by atoms with E-state index < -0.39 is 0 Å². The molecule has 158 valence electrons. The van der Waals surface area contributed by atoms with E-state index >= 15 is 0 Å². The van der Waals surface area contributed by atoms with Gasteiger partial charge < -0.3 is 4.74 Å². The second-order valence-corrected chi connectivity index (χ2v) is 9.10. The van der Waals surface area contributed by atoms with Gasteiger partial charge in [-0.25, -0.2) is 4.98 Å². The van der Waals surface area contributed by atoms with Crippen LogP contribution in [0.3, 0.4) is 0 Å². The Morgan fingerprint density at radius 2 is 1.90 bits per heavy atom. The Morgan fingerprint density at radius 1 is 1.13 bits per heavy atom. The maximum Gasteiger partial charge on any atom is 0.282 e. The molecule has 0 aliphatic rings. The molecule has 1 heterocycles. The van der Waals surface area contributed by atoms with Crippen LogP contribution in [-0.2, 0) is 0 Å². The van der Waals surface area contributed by atoms with E-state index in [4.69, 9.17) is 9.72 Å². The summed E-state index contributed by atoms with van der Waals surface area (Å²) in [5.74, 6) is 1.54. The van der Waals surface area contributed by atoms with Crippen molar-refractivity contribution in [2.45, 2.75) is 52.6 Å². The average molecular weight is 535 g/mol. The van der Waals surface area contributed by atoms with Gasteiger partial charge in [0.25, 0.3) is 5.56 Å². The summed E-state index contributed by atoms with van der Waals surface area (Å²) in [4.78, 5) is 17.9. The molecule has 1 aromatic heterocycles. The van der Waals surface area contributed by atoms with Gasteiger partial charge in [0.15, 0.2) is 0 Å². The molecule has 2 aromatic carbocycles. The van der Waals surface area contributed by atoms with E-state index in [0.29, 0.717) is 16.7 Å². The number of fused-ring (bicyclic) bond motifs is 1. The minimum atomic E-state index is -0.177. The Bertz CT molecular complexity index is 1140. The molecular weight excluding hydrogens is 510 g/mol. The summed E-state index contributed by atoms with van der Waals surface area (Å²) in [7, 11) is 0. The number of aromatic nitrogens is 2. The third-order valence-corrected chi connectivity index (χ3v) is 6.18. The number of nitrogens with zero attached hydrogens (tertiary/aromatic N) is 3. The van der Waals surface area contributed by atoms with Crippen molar-refractivity contribution in [2.24, 2.45) is 5.10 Å². The van der Waals surface area contributed by atoms with Crippen LogP contribution in [0.5, 0.6) is 5.75 Å². The summed E-state index contributed by atoms with van der Waals surface area (Å²) in [5, 5.41) is 5.05. The third kappa shape index (κ3) is 5.01. The lowest BCUT2D eigenvalue weighted by molar-refractivity contribution is 0.216. The molecule has 0 saturated carbocycles. The highest BCUT2D eigenvalue weighted by Gasteiger charge is 2.15. The van der Waals surface area contributed by atoms with Gasteiger partial charge in [0.2, 0.25) is 0 Å². The van der Waals surface area contributed by atoms with Crippen molar-refractivity contribution in [1.29, 1.82) is 0 Å². The van der Waals surface area contributed by atoms with Crippen LogP contribution in [0.2, 0.25) is 0 Å². The lowest BCUT2D eigenvalue weighted by Crippen LogP contribution is -2.23. The lowest BCUT2D eigenvalue weighted by atomic mass is 10.1. The summed E-state index contributed by atoms with van der Waals surface area (Å²) < 4.78 is 9.00. The monoisotopic (exact) mass is 533 g/mol. The molecular formula is C23H25Br2N3O2. The Balaban J connectivity index is 2.04. The Kier molecular flexibility index (Phi) is 7.47. The van der Waals surface area contributed by atoms with Gasteiger partial charge in [-0.05, 0) is 77.7 Å². The fourth-order valence-electron chi connectivity index (χ4n) is 2.90. The lowest BCUT2D eigenvalue weighted by Gasteiger charge is -2.15. The molecule has 0 aliphatic heterocycles. The molecule has 0 N–H and O–H groups in total.